The minimum absolute atomic E-state index is 0.0856. The smallest absolute Gasteiger partial charge is 0.159 e. The van der Waals surface area contributed by atoms with Crippen LogP contribution < -0.4 is 4.74 Å². The Labute approximate surface area is 161 Å². The van der Waals surface area contributed by atoms with Crippen molar-refractivity contribution in [3.8, 4) is 5.75 Å². The highest BCUT2D eigenvalue weighted by molar-refractivity contribution is 7.10. The minimum Gasteiger partial charge on any atom is -0.496 e. The van der Waals surface area contributed by atoms with Gasteiger partial charge in [-0.1, -0.05) is 6.07 Å². The highest BCUT2D eigenvalue weighted by Gasteiger charge is 2.30. The molecular weight excluding hydrogens is 362 g/mol. The van der Waals surface area contributed by atoms with Crippen molar-refractivity contribution in [3.63, 3.8) is 0 Å². The second kappa shape index (κ2) is 7.35. The maximum absolute atomic E-state index is 11.8. The summed E-state index contributed by atoms with van der Waals surface area (Å²) in [7, 11) is 1.69. The third-order valence-electron chi connectivity index (χ3n) is 4.94. The first-order valence-corrected chi connectivity index (χ1v) is 10.4. The summed E-state index contributed by atoms with van der Waals surface area (Å²) in [5.41, 5.74) is 3.23. The molecule has 26 heavy (non-hydrogen) atoms. The van der Waals surface area contributed by atoms with Crippen LogP contribution in [0.5, 0.6) is 5.75 Å². The second-order valence-electron chi connectivity index (χ2n) is 6.52. The summed E-state index contributed by atoms with van der Waals surface area (Å²) in [6.07, 6.45) is 1.07. The van der Waals surface area contributed by atoms with Crippen LogP contribution in [-0.2, 0) is 13.0 Å². The maximum Gasteiger partial charge on any atom is 0.159 e. The molecule has 0 fully saturated rings. The fourth-order valence-electron chi connectivity index (χ4n) is 3.66. The number of carbonyl (C=O) groups is 1. The van der Waals surface area contributed by atoms with Crippen LogP contribution in [0.1, 0.15) is 44.2 Å². The van der Waals surface area contributed by atoms with E-state index in [4.69, 9.17) is 4.74 Å². The SMILES string of the molecule is COc1ccc(C(C)=O)cc1CN1CCc2sccc2[C@@H]1c1cccs1. The van der Waals surface area contributed by atoms with Gasteiger partial charge in [-0.05, 0) is 60.0 Å². The number of ether oxygens (including phenoxy) is 1. The monoisotopic (exact) mass is 383 g/mol. The van der Waals surface area contributed by atoms with Gasteiger partial charge >= 0.3 is 0 Å². The number of nitrogens with zero attached hydrogens (tertiary/aromatic N) is 1. The standard InChI is InChI=1S/C21H21NO2S2/c1-14(23)15-5-6-18(24-2)16(12-15)13-22-9-7-19-17(8-11-26-19)21(22)20-4-3-10-25-20/h3-6,8,10-12,21H,7,9,13H2,1-2H3/t21-/m1/s1. The number of methoxy groups -OCH3 is 1. The Morgan fingerprint density at radius 2 is 2.12 bits per heavy atom. The molecule has 3 aromatic rings. The molecule has 0 saturated carbocycles. The van der Waals surface area contributed by atoms with E-state index < -0.39 is 0 Å². The maximum atomic E-state index is 11.8. The van der Waals surface area contributed by atoms with E-state index in [0.717, 1.165) is 36.4 Å². The molecule has 1 aliphatic rings. The number of Topliss-reactive ketones (excluding diaryl/α,β-unsaturated/α-hetero) is 1. The van der Waals surface area contributed by atoms with E-state index in [1.54, 1.807) is 25.4 Å². The lowest BCUT2D eigenvalue weighted by molar-refractivity contribution is 0.101. The van der Waals surface area contributed by atoms with Crippen molar-refractivity contribution in [2.45, 2.75) is 25.9 Å². The van der Waals surface area contributed by atoms with Crippen molar-refractivity contribution < 1.29 is 9.53 Å². The summed E-state index contributed by atoms with van der Waals surface area (Å²) in [4.78, 5) is 17.2. The molecule has 0 saturated heterocycles. The average Bonchev–Trinajstić information content (AvgIpc) is 3.33. The molecule has 5 heteroatoms. The zero-order chi connectivity index (χ0) is 18.1. The van der Waals surface area contributed by atoms with Gasteiger partial charge in [-0.2, -0.15) is 0 Å². The number of fused-ring (bicyclic) bond motifs is 1. The van der Waals surface area contributed by atoms with Gasteiger partial charge in [0.05, 0.1) is 13.2 Å². The molecular formula is C21H21NO2S2. The number of carbonyl (C=O) groups excluding carboxylic acids is 1. The lowest BCUT2D eigenvalue weighted by Crippen LogP contribution is -2.34. The minimum atomic E-state index is 0.0856. The van der Waals surface area contributed by atoms with E-state index in [-0.39, 0.29) is 11.8 Å². The van der Waals surface area contributed by atoms with Crippen LogP contribution in [0.4, 0.5) is 0 Å². The fourth-order valence-corrected chi connectivity index (χ4v) is 5.44. The molecule has 1 aromatic carbocycles. The van der Waals surface area contributed by atoms with Crippen LogP contribution in [0.2, 0.25) is 0 Å². The van der Waals surface area contributed by atoms with Crippen molar-refractivity contribution in [3.05, 3.63) is 73.6 Å². The van der Waals surface area contributed by atoms with Crippen LogP contribution in [0.25, 0.3) is 0 Å². The Hall–Kier alpha value is -1.95. The summed E-state index contributed by atoms with van der Waals surface area (Å²) in [6.45, 7) is 3.38. The van der Waals surface area contributed by atoms with E-state index in [2.05, 4.69) is 33.9 Å². The van der Waals surface area contributed by atoms with E-state index >= 15 is 0 Å². The van der Waals surface area contributed by atoms with Crippen LogP contribution in [0, 0.1) is 0 Å². The van der Waals surface area contributed by atoms with Gasteiger partial charge < -0.3 is 4.74 Å². The summed E-state index contributed by atoms with van der Waals surface area (Å²) in [5, 5.41) is 4.34. The lowest BCUT2D eigenvalue weighted by Gasteiger charge is -2.35. The molecule has 3 heterocycles. The van der Waals surface area contributed by atoms with Gasteiger partial charge in [0.25, 0.3) is 0 Å². The molecule has 0 unspecified atom stereocenters. The largest absolute Gasteiger partial charge is 0.496 e. The number of rotatable bonds is 5. The van der Waals surface area contributed by atoms with E-state index in [0.29, 0.717) is 0 Å². The van der Waals surface area contributed by atoms with Gasteiger partial charge in [-0.3, -0.25) is 9.69 Å². The molecule has 2 aromatic heterocycles. The van der Waals surface area contributed by atoms with Crippen LogP contribution in [0.3, 0.4) is 0 Å². The number of hydrogen-bond acceptors (Lipinski definition) is 5. The normalized spacial score (nSPS) is 17.1. The first-order chi connectivity index (χ1) is 12.7. The third-order valence-corrected chi connectivity index (χ3v) is 6.86. The lowest BCUT2D eigenvalue weighted by atomic mass is 9.97. The number of benzene rings is 1. The van der Waals surface area contributed by atoms with E-state index in [1.807, 2.05) is 29.5 Å². The molecule has 4 rings (SSSR count). The van der Waals surface area contributed by atoms with E-state index in [9.17, 15) is 4.79 Å². The highest BCUT2D eigenvalue weighted by Crippen LogP contribution is 2.40. The van der Waals surface area contributed by atoms with Gasteiger partial charge in [-0.15, -0.1) is 22.7 Å². The van der Waals surface area contributed by atoms with E-state index in [1.165, 1.54) is 15.3 Å². The summed E-state index contributed by atoms with van der Waals surface area (Å²) < 4.78 is 5.57. The molecule has 0 radical (unpaired) electrons. The zero-order valence-electron chi connectivity index (χ0n) is 14.9. The van der Waals surface area contributed by atoms with Crippen molar-refractivity contribution in [1.82, 2.24) is 4.90 Å². The Balaban J connectivity index is 1.71. The van der Waals surface area contributed by atoms with Gasteiger partial charge in [0, 0.05) is 34.0 Å². The summed E-state index contributed by atoms with van der Waals surface area (Å²) in [5.74, 6) is 0.929. The van der Waals surface area contributed by atoms with Crippen molar-refractivity contribution >= 4 is 28.5 Å². The molecule has 0 N–H and O–H groups in total. The molecule has 0 spiro atoms. The second-order valence-corrected chi connectivity index (χ2v) is 8.50. The molecule has 134 valence electrons. The predicted octanol–water partition coefficient (Wildman–Crippen LogP) is 5.17. The topological polar surface area (TPSA) is 29.5 Å². The molecule has 0 amide bonds. The first kappa shape index (κ1) is 17.5. The van der Waals surface area contributed by atoms with Crippen LogP contribution in [0.15, 0.2) is 47.2 Å². The molecule has 1 atom stereocenters. The van der Waals surface area contributed by atoms with Crippen molar-refractivity contribution in [2.75, 3.05) is 13.7 Å². The first-order valence-electron chi connectivity index (χ1n) is 8.69. The number of ketones is 1. The Bertz CT molecular complexity index is 914. The quantitative estimate of drug-likeness (QED) is 0.569. The van der Waals surface area contributed by atoms with Crippen molar-refractivity contribution in [2.24, 2.45) is 0 Å². The van der Waals surface area contributed by atoms with Crippen LogP contribution >= 0.6 is 22.7 Å². The Morgan fingerprint density at radius 3 is 2.85 bits per heavy atom. The Kier molecular flexibility index (Phi) is 4.94. The van der Waals surface area contributed by atoms with Gasteiger partial charge in [0.15, 0.2) is 5.78 Å². The molecule has 0 aliphatic carbocycles. The molecule has 0 bridgehead atoms. The van der Waals surface area contributed by atoms with Gasteiger partial charge in [0.1, 0.15) is 5.75 Å². The molecule has 3 nitrogen and oxygen atoms in total. The number of thiophene rings is 2. The summed E-state index contributed by atoms with van der Waals surface area (Å²) in [6, 6.07) is 12.6. The Morgan fingerprint density at radius 1 is 1.23 bits per heavy atom. The average molecular weight is 384 g/mol. The summed E-state index contributed by atoms with van der Waals surface area (Å²) >= 11 is 3.66. The predicted molar refractivity (Wildman–Crippen MR) is 108 cm³/mol. The number of hydrogen-bond donors (Lipinski definition) is 0. The third kappa shape index (κ3) is 3.22. The van der Waals surface area contributed by atoms with Gasteiger partial charge in [0.2, 0.25) is 0 Å². The van der Waals surface area contributed by atoms with Crippen molar-refractivity contribution in [1.29, 1.82) is 0 Å². The fraction of sp³-hybridized carbons (Fsp3) is 0.286. The molecule has 1 aliphatic heterocycles. The highest BCUT2D eigenvalue weighted by atomic mass is 32.1. The van der Waals surface area contributed by atoms with Crippen LogP contribution in [-0.4, -0.2) is 24.3 Å². The zero-order valence-corrected chi connectivity index (χ0v) is 16.5. The van der Waals surface area contributed by atoms with Gasteiger partial charge in [-0.25, -0.2) is 0 Å².